The summed E-state index contributed by atoms with van der Waals surface area (Å²) in [6.45, 7) is 2.08. The van der Waals surface area contributed by atoms with Crippen LogP contribution in [-0.4, -0.2) is 33.9 Å². The van der Waals surface area contributed by atoms with Gasteiger partial charge in [-0.05, 0) is 43.3 Å². The number of carbonyl (C=O) groups is 1. The Morgan fingerprint density at radius 3 is 2.24 bits per heavy atom. The second kappa shape index (κ2) is 9.34. The fraction of sp³-hybridized carbons (Fsp3) is 0.227. The molecule has 7 heteroatoms. The lowest BCUT2D eigenvalue weighted by molar-refractivity contribution is -0.137. The SMILES string of the molecule is CCOC(=O)/C=C/c1sc2cc(OC)c(OC)cc2c1Oc1ccc(OC)cc1. The lowest BCUT2D eigenvalue weighted by Gasteiger charge is -2.10. The van der Waals surface area contributed by atoms with E-state index in [-0.39, 0.29) is 0 Å². The molecule has 0 saturated heterocycles. The molecule has 0 bridgehead atoms. The van der Waals surface area contributed by atoms with Gasteiger partial charge >= 0.3 is 5.97 Å². The van der Waals surface area contributed by atoms with Crippen LogP contribution in [-0.2, 0) is 9.53 Å². The molecule has 2 aromatic carbocycles. The van der Waals surface area contributed by atoms with Crippen LogP contribution in [0, 0.1) is 0 Å². The number of ether oxygens (including phenoxy) is 5. The maximum Gasteiger partial charge on any atom is 0.330 e. The lowest BCUT2D eigenvalue weighted by Crippen LogP contribution is -1.98. The molecule has 0 unspecified atom stereocenters. The molecule has 0 saturated carbocycles. The summed E-state index contributed by atoms with van der Waals surface area (Å²) in [5, 5.41) is 0.854. The summed E-state index contributed by atoms with van der Waals surface area (Å²) in [4.78, 5) is 12.6. The van der Waals surface area contributed by atoms with Crippen LogP contribution >= 0.6 is 11.3 Å². The number of carbonyl (C=O) groups excluding carboxylic acids is 1. The Hall–Kier alpha value is -3.19. The molecule has 3 rings (SSSR count). The van der Waals surface area contributed by atoms with Gasteiger partial charge in [0.1, 0.15) is 11.5 Å². The van der Waals surface area contributed by atoms with Crippen molar-refractivity contribution in [2.24, 2.45) is 0 Å². The molecule has 29 heavy (non-hydrogen) atoms. The maximum atomic E-state index is 11.8. The van der Waals surface area contributed by atoms with Crippen molar-refractivity contribution in [3.05, 3.63) is 47.4 Å². The van der Waals surface area contributed by atoms with Crippen molar-refractivity contribution >= 4 is 33.5 Å². The van der Waals surface area contributed by atoms with Crippen LogP contribution in [0.4, 0.5) is 0 Å². The number of esters is 1. The van der Waals surface area contributed by atoms with E-state index in [1.807, 2.05) is 36.4 Å². The van der Waals surface area contributed by atoms with Crippen molar-refractivity contribution in [1.29, 1.82) is 0 Å². The Labute approximate surface area is 173 Å². The van der Waals surface area contributed by atoms with Crippen LogP contribution in [0.3, 0.4) is 0 Å². The first-order valence-corrected chi connectivity index (χ1v) is 9.76. The van der Waals surface area contributed by atoms with Gasteiger partial charge in [-0.2, -0.15) is 0 Å². The first kappa shape index (κ1) is 20.5. The predicted molar refractivity (Wildman–Crippen MR) is 114 cm³/mol. The minimum absolute atomic E-state index is 0.319. The van der Waals surface area contributed by atoms with Crippen LogP contribution in [0.25, 0.3) is 16.2 Å². The molecular weight excluding hydrogens is 392 g/mol. The predicted octanol–water partition coefficient (Wildman–Crippen LogP) is 5.30. The van der Waals surface area contributed by atoms with Crippen molar-refractivity contribution in [3.8, 4) is 28.7 Å². The van der Waals surface area contributed by atoms with E-state index < -0.39 is 5.97 Å². The minimum Gasteiger partial charge on any atom is -0.497 e. The first-order chi connectivity index (χ1) is 14.1. The van der Waals surface area contributed by atoms with Gasteiger partial charge in [0, 0.05) is 22.2 Å². The summed E-state index contributed by atoms with van der Waals surface area (Å²) in [6, 6.07) is 11.0. The third kappa shape index (κ3) is 4.63. The topological polar surface area (TPSA) is 63.2 Å². The first-order valence-electron chi connectivity index (χ1n) is 8.94. The van der Waals surface area contributed by atoms with E-state index in [1.165, 1.54) is 17.4 Å². The molecule has 0 fully saturated rings. The average molecular weight is 414 g/mol. The molecule has 152 valence electrons. The summed E-state index contributed by atoms with van der Waals surface area (Å²) >= 11 is 1.48. The fourth-order valence-electron chi connectivity index (χ4n) is 2.73. The van der Waals surface area contributed by atoms with Gasteiger partial charge in [0.2, 0.25) is 0 Å². The summed E-state index contributed by atoms with van der Waals surface area (Å²) in [5.41, 5.74) is 0. The number of thiophene rings is 1. The molecule has 1 aromatic heterocycles. The van der Waals surface area contributed by atoms with Crippen molar-refractivity contribution < 1.29 is 28.5 Å². The number of rotatable bonds is 8. The van der Waals surface area contributed by atoms with Gasteiger partial charge in [-0.15, -0.1) is 11.3 Å². The normalized spacial score (nSPS) is 10.9. The second-order valence-electron chi connectivity index (χ2n) is 5.86. The molecule has 3 aromatic rings. The Morgan fingerprint density at radius 2 is 1.62 bits per heavy atom. The van der Waals surface area contributed by atoms with Crippen molar-refractivity contribution in [3.63, 3.8) is 0 Å². The fourth-order valence-corrected chi connectivity index (χ4v) is 3.78. The number of hydrogen-bond acceptors (Lipinski definition) is 7. The molecule has 0 spiro atoms. The number of benzene rings is 2. The number of fused-ring (bicyclic) bond motifs is 1. The molecular formula is C22H22O6S. The molecule has 0 amide bonds. The summed E-state index contributed by atoms with van der Waals surface area (Å²) in [7, 11) is 4.79. The monoisotopic (exact) mass is 414 g/mol. The van der Waals surface area contributed by atoms with Crippen LogP contribution in [0.15, 0.2) is 42.5 Å². The number of hydrogen-bond donors (Lipinski definition) is 0. The summed E-state index contributed by atoms with van der Waals surface area (Å²) in [5.74, 6) is 2.82. The zero-order valence-electron chi connectivity index (χ0n) is 16.7. The van der Waals surface area contributed by atoms with E-state index in [2.05, 4.69) is 0 Å². The van der Waals surface area contributed by atoms with Gasteiger partial charge < -0.3 is 23.7 Å². The van der Waals surface area contributed by atoms with Crippen molar-refractivity contribution in [1.82, 2.24) is 0 Å². The zero-order chi connectivity index (χ0) is 20.8. The van der Waals surface area contributed by atoms with E-state index in [4.69, 9.17) is 23.7 Å². The van der Waals surface area contributed by atoms with Crippen LogP contribution in [0.2, 0.25) is 0 Å². The molecule has 1 heterocycles. The van der Waals surface area contributed by atoms with Crippen molar-refractivity contribution in [2.75, 3.05) is 27.9 Å². The molecule has 0 aliphatic carbocycles. The van der Waals surface area contributed by atoms with Crippen molar-refractivity contribution in [2.45, 2.75) is 6.92 Å². The molecule has 6 nitrogen and oxygen atoms in total. The third-order valence-corrected chi connectivity index (χ3v) is 5.21. The van der Waals surface area contributed by atoms with E-state index >= 15 is 0 Å². The Morgan fingerprint density at radius 1 is 0.966 bits per heavy atom. The highest BCUT2D eigenvalue weighted by atomic mass is 32.1. The van der Waals surface area contributed by atoms with E-state index in [1.54, 1.807) is 34.3 Å². The van der Waals surface area contributed by atoms with Gasteiger partial charge in [0.05, 0.1) is 32.8 Å². The standard InChI is InChI=1S/C22H22O6S/c1-5-27-21(23)11-10-19-22(28-15-8-6-14(24-2)7-9-15)16-12-17(25-3)18(26-4)13-20(16)29-19/h6-13H,5H2,1-4H3/b11-10+. The van der Waals surface area contributed by atoms with E-state index in [0.29, 0.717) is 29.6 Å². The van der Waals surface area contributed by atoms with Gasteiger partial charge in [0.15, 0.2) is 17.2 Å². The number of methoxy groups -OCH3 is 3. The zero-order valence-corrected chi connectivity index (χ0v) is 17.5. The highest BCUT2D eigenvalue weighted by Gasteiger charge is 2.17. The Balaban J connectivity index is 2.08. The van der Waals surface area contributed by atoms with E-state index in [9.17, 15) is 4.79 Å². The average Bonchev–Trinajstić information content (AvgIpc) is 3.08. The highest BCUT2D eigenvalue weighted by molar-refractivity contribution is 7.20. The molecule has 0 N–H and O–H groups in total. The largest absolute Gasteiger partial charge is 0.497 e. The second-order valence-corrected chi connectivity index (χ2v) is 6.95. The summed E-state index contributed by atoms with van der Waals surface area (Å²) in [6.07, 6.45) is 3.09. The quantitative estimate of drug-likeness (QED) is 0.368. The van der Waals surface area contributed by atoms with Gasteiger partial charge in [-0.1, -0.05) is 0 Å². The van der Waals surface area contributed by atoms with Crippen LogP contribution in [0.1, 0.15) is 11.8 Å². The van der Waals surface area contributed by atoms with E-state index in [0.717, 1.165) is 20.7 Å². The highest BCUT2D eigenvalue weighted by Crippen LogP contribution is 2.45. The van der Waals surface area contributed by atoms with Gasteiger partial charge in [0.25, 0.3) is 0 Å². The summed E-state index contributed by atoms with van der Waals surface area (Å²) < 4.78 is 28.1. The van der Waals surface area contributed by atoms with Crippen LogP contribution < -0.4 is 18.9 Å². The maximum absolute atomic E-state index is 11.8. The molecule has 0 radical (unpaired) electrons. The minimum atomic E-state index is -0.407. The van der Waals surface area contributed by atoms with Crippen LogP contribution in [0.5, 0.6) is 28.7 Å². The molecule has 0 aliphatic heterocycles. The lowest BCUT2D eigenvalue weighted by atomic mass is 10.2. The Kier molecular flexibility index (Phi) is 6.61. The molecule has 0 atom stereocenters. The third-order valence-electron chi connectivity index (χ3n) is 4.11. The van der Waals surface area contributed by atoms with Gasteiger partial charge in [-0.25, -0.2) is 4.79 Å². The molecule has 0 aliphatic rings. The van der Waals surface area contributed by atoms with Gasteiger partial charge in [-0.3, -0.25) is 0 Å². The Bertz CT molecular complexity index is 1020. The smallest absolute Gasteiger partial charge is 0.330 e.